The van der Waals surface area contributed by atoms with Crippen molar-refractivity contribution in [2.45, 2.75) is 38.8 Å². The van der Waals surface area contributed by atoms with Gasteiger partial charge in [-0.3, -0.25) is 4.79 Å². The first-order valence-electron chi connectivity index (χ1n) is 7.23. The topological polar surface area (TPSA) is 64.4 Å². The molecule has 2 atom stereocenters. The predicted octanol–water partition coefficient (Wildman–Crippen LogP) is 2.25. The van der Waals surface area contributed by atoms with E-state index in [-0.39, 0.29) is 18.6 Å². The molecule has 0 aliphatic carbocycles. The van der Waals surface area contributed by atoms with Crippen LogP contribution in [-0.2, 0) is 9.53 Å². The Morgan fingerprint density at radius 3 is 2.35 bits per heavy atom. The van der Waals surface area contributed by atoms with E-state index in [0.717, 1.165) is 18.4 Å². The number of carbonyl (C=O) groups excluding carboxylic acids is 1. The van der Waals surface area contributed by atoms with Crippen molar-refractivity contribution in [3.63, 3.8) is 0 Å². The molecule has 2 unspecified atom stereocenters. The smallest absolute Gasteiger partial charge is 0.239 e. The zero-order valence-corrected chi connectivity index (χ0v) is 12.6. The highest BCUT2D eigenvalue weighted by Gasteiger charge is 2.24. The Balaban J connectivity index is 2.86. The molecular formula is C16H26N2O2. The Kier molecular flexibility index (Phi) is 7.26. The first-order valence-corrected chi connectivity index (χ1v) is 7.23. The average Bonchev–Trinajstić information content (AvgIpc) is 2.48. The van der Waals surface area contributed by atoms with Gasteiger partial charge >= 0.3 is 0 Å². The third kappa shape index (κ3) is 4.62. The first-order chi connectivity index (χ1) is 9.63. The van der Waals surface area contributed by atoms with Crippen molar-refractivity contribution in [3.05, 3.63) is 35.9 Å². The molecule has 1 aromatic carbocycles. The normalized spacial score (nSPS) is 14.1. The van der Waals surface area contributed by atoms with E-state index in [1.807, 2.05) is 30.3 Å². The van der Waals surface area contributed by atoms with Crippen molar-refractivity contribution in [1.29, 1.82) is 0 Å². The Bertz CT molecular complexity index is 391. The van der Waals surface area contributed by atoms with Crippen LogP contribution in [0.4, 0.5) is 0 Å². The molecule has 20 heavy (non-hydrogen) atoms. The summed E-state index contributed by atoms with van der Waals surface area (Å²) in [7, 11) is 1.54. The maximum Gasteiger partial charge on any atom is 0.239 e. The van der Waals surface area contributed by atoms with Gasteiger partial charge in [-0.25, -0.2) is 0 Å². The molecular weight excluding hydrogens is 252 g/mol. The van der Waals surface area contributed by atoms with Crippen LogP contribution in [0.15, 0.2) is 30.3 Å². The molecule has 0 heterocycles. The Morgan fingerprint density at radius 1 is 1.25 bits per heavy atom. The second kappa shape index (κ2) is 8.72. The summed E-state index contributed by atoms with van der Waals surface area (Å²) in [5.41, 5.74) is 6.92. The lowest BCUT2D eigenvalue weighted by Crippen LogP contribution is -2.46. The van der Waals surface area contributed by atoms with E-state index in [4.69, 9.17) is 10.5 Å². The molecule has 0 saturated carbocycles. The van der Waals surface area contributed by atoms with Crippen LogP contribution in [0.25, 0.3) is 0 Å². The number of hydrogen-bond acceptors (Lipinski definition) is 3. The van der Waals surface area contributed by atoms with E-state index in [1.54, 1.807) is 7.11 Å². The van der Waals surface area contributed by atoms with Gasteiger partial charge in [0.05, 0.1) is 12.6 Å². The van der Waals surface area contributed by atoms with E-state index in [1.165, 1.54) is 0 Å². The zero-order valence-electron chi connectivity index (χ0n) is 12.6. The Hall–Kier alpha value is -1.39. The summed E-state index contributed by atoms with van der Waals surface area (Å²) >= 11 is 0. The predicted molar refractivity (Wildman–Crippen MR) is 81.2 cm³/mol. The summed E-state index contributed by atoms with van der Waals surface area (Å²) in [5.74, 6) is 0.240. The number of ether oxygens (including phenoxy) is 1. The maximum atomic E-state index is 12.1. The molecule has 0 spiro atoms. The van der Waals surface area contributed by atoms with Crippen molar-refractivity contribution in [2.24, 2.45) is 11.7 Å². The fourth-order valence-corrected chi connectivity index (χ4v) is 2.41. The summed E-state index contributed by atoms with van der Waals surface area (Å²) in [4.78, 5) is 12.1. The van der Waals surface area contributed by atoms with E-state index in [0.29, 0.717) is 5.92 Å². The maximum absolute atomic E-state index is 12.1. The zero-order chi connectivity index (χ0) is 15.0. The lowest BCUT2D eigenvalue weighted by molar-refractivity contribution is -0.124. The van der Waals surface area contributed by atoms with E-state index >= 15 is 0 Å². The molecule has 0 aliphatic rings. The fraction of sp³-hybridized carbons (Fsp3) is 0.562. The standard InChI is InChI=1S/C16H26N2O2/c1-4-12(5-2)15(13-9-7-6-8-10-13)18-16(19)14(17)11-20-3/h6-10,12,14-15H,4-5,11,17H2,1-3H3,(H,18,19). The Morgan fingerprint density at radius 2 is 1.85 bits per heavy atom. The van der Waals surface area contributed by atoms with Gasteiger partial charge in [0.2, 0.25) is 5.91 Å². The summed E-state index contributed by atoms with van der Waals surface area (Å²) in [6.07, 6.45) is 2.02. The van der Waals surface area contributed by atoms with Crippen molar-refractivity contribution in [3.8, 4) is 0 Å². The van der Waals surface area contributed by atoms with Gasteiger partial charge in [0.25, 0.3) is 0 Å². The number of rotatable bonds is 8. The number of nitrogens with one attached hydrogen (secondary N) is 1. The number of nitrogens with two attached hydrogens (primary N) is 1. The average molecular weight is 278 g/mol. The summed E-state index contributed by atoms with van der Waals surface area (Å²) in [6.45, 7) is 4.52. The number of benzene rings is 1. The first kappa shape index (κ1) is 16.7. The van der Waals surface area contributed by atoms with Crippen LogP contribution in [0.5, 0.6) is 0 Å². The minimum absolute atomic E-state index is 0.00149. The van der Waals surface area contributed by atoms with Gasteiger partial charge < -0.3 is 15.8 Å². The molecule has 4 heteroatoms. The monoisotopic (exact) mass is 278 g/mol. The van der Waals surface area contributed by atoms with Gasteiger partial charge in [-0.15, -0.1) is 0 Å². The third-order valence-corrected chi connectivity index (χ3v) is 3.66. The molecule has 0 radical (unpaired) electrons. The van der Waals surface area contributed by atoms with E-state index < -0.39 is 6.04 Å². The summed E-state index contributed by atoms with van der Waals surface area (Å²) < 4.78 is 4.94. The van der Waals surface area contributed by atoms with E-state index in [9.17, 15) is 4.79 Å². The van der Waals surface area contributed by atoms with Crippen LogP contribution in [0.1, 0.15) is 38.3 Å². The van der Waals surface area contributed by atoms with Crippen molar-refractivity contribution < 1.29 is 9.53 Å². The number of carbonyl (C=O) groups is 1. The third-order valence-electron chi connectivity index (χ3n) is 3.66. The second-order valence-electron chi connectivity index (χ2n) is 5.04. The van der Waals surface area contributed by atoms with Gasteiger partial charge in [-0.05, 0) is 11.5 Å². The molecule has 4 nitrogen and oxygen atoms in total. The van der Waals surface area contributed by atoms with Crippen LogP contribution in [0.3, 0.4) is 0 Å². The molecule has 0 saturated heterocycles. The molecule has 3 N–H and O–H groups in total. The quantitative estimate of drug-likeness (QED) is 0.766. The SMILES string of the molecule is CCC(CC)C(NC(=O)C(N)COC)c1ccccc1. The molecule has 1 amide bonds. The van der Waals surface area contributed by atoms with Crippen LogP contribution < -0.4 is 11.1 Å². The molecule has 1 aromatic rings. The van der Waals surface area contributed by atoms with Crippen LogP contribution >= 0.6 is 0 Å². The van der Waals surface area contributed by atoms with Crippen molar-refractivity contribution in [1.82, 2.24) is 5.32 Å². The molecule has 0 bridgehead atoms. The van der Waals surface area contributed by atoms with Crippen molar-refractivity contribution in [2.75, 3.05) is 13.7 Å². The highest BCUT2D eigenvalue weighted by Crippen LogP contribution is 2.27. The minimum Gasteiger partial charge on any atom is -0.383 e. The molecule has 0 aromatic heterocycles. The molecule has 0 fully saturated rings. The van der Waals surface area contributed by atoms with Gasteiger partial charge in [0, 0.05) is 7.11 Å². The van der Waals surface area contributed by atoms with E-state index in [2.05, 4.69) is 19.2 Å². The largest absolute Gasteiger partial charge is 0.383 e. The van der Waals surface area contributed by atoms with Crippen LogP contribution in [-0.4, -0.2) is 25.7 Å². The highest BCUT2D eigenvalue weighted by molar-refractivity contribution is 5.82. The van der Waals surface area contributed by atoms with Gasteiger partial charge in [0.1, 0.15) is 6.04 Å². The summed E-state index contributed by atoms with van der Waals surface area (Å²) in [6, 6.07) is 9.43. The van der Waals surface area contributed by atoms with Crippen LogP contribution in [0.2, 0.25) is 0 Å². The number of hydrogen-bond donors (Lipinski definition) is 2. The molecule has 1 rings (SSSR count). The van der Waals surface area contributed by atoms with Gasteiger partial charge in [-0.1, -0.05) is 57.0 Å². The highest BCUT2D eigenvalue weighted by atomic mass is 16.5. The fourth-order valence-electron chi connectivity index (χ4n) is 2.41. The van der Waals surface area contributed by atoms with Crippen molar-refractivity contribution >= 4 is 5.91 Å². The number of methoxy groups -OCH3 is 1. The lowest BCUT2D eigenvalue weighted by atomic mass is 9.88. The van der Waals surface area contributed by atoms with Crippen LogP contribution in [0, 0.1) is 5.92 Å². The Labute approximate surface area is 121 Å². The lowest BCUT2D eigenvalue weighted by Gasteiger charge is -2.28. The van der Waals surface area contributed by atoms with Gasteiger partial charge in [0.15, 0.2) is 0 Å². The molecule has 112 valence electrons. The molecule has 0 aliphatic heterocycles. The number of amides is 1. The second-order valence-corrected chi connectivity index (χ2v) is 5.04. The van der Waals surface area contributed by atoms with Gasteiger partial charge in [-0.2, -0.15) is 0 Å². The summed E-state index contributed by atoms with van der Waals surface area (Å²) in [5, 5.41) is 3.08. The minimum atomic E-state index is -0.624.